The first-order valence-corrected chi connectivity index (χ1v) is 8.47. The number of hydrogen-bond donors (Lipinski definition) is 1. The highest BCUT2D eigenvalue weighted by atomic mass is 32.2. The molecule has 1 fully saturated rings. The highest BCUT2D eigenvalue weighted by molar-refractivity contribution is 7.91. The summed E-state index contributed by atoms with van der Waals surface area (Å²) in [6.45, 7) is 2.58. The van der Waals surface area contributed by atoms with Crippen LogP contribution in [0, 0.1) is 0 Å². The molecule has 1 aromatic rings. The lowest BCUT2D eigenvalue weighted by Crippen LogP contribution is -2.42. The zero-order chi connectivity index (χ0) is 14.6. The molecule has 0 spiro atoms. The molecular weight excluding hydrogens is 278 g/mol. The maximum absolute atomic E-state index is 12.1. The van der Waals surface area contributed by atoms with Crippen LogP contribution in [-0.4, -0.2) is 48.9 Å². The number of carbonyl (C=O) groups is 1. The summed E-state index contributed by atoms with van der Waals surface area (Å²) < 4.78 is 23.0. The Morgan fingerprint density at radius 3 is 2.85 bits per heavy atom. The van der Waals surface area contributed by atoms with E-state index in [4.69, 9.17) is 0 Å². The smallest absolute Gasteiger partial charge is 0.317 e. The van der Waals surface area contributed by atoms with Crippen LogP contribution >= 0.6 is 0 Å². The lowest BCUT2D eigenvalue weighted by atomic mass is 10.2. The van der Waals surface area contributed by atoms with E-state index in [-0.39, 0.29) is 30.1 Å². The van der Waals surface area contributed by atoms with Gasteiger partial charge >= 0.3 is 6.03 Å². The number of carbonyl (C=O) groups excluding carboxylic acids is 1. The molecule has 0 unspecified atom stereocenters. The van der Waals surface area contributed by atoms with E-state index in [9.17, 15) is 13.2 Å². The number of pyridine rings is 1. The van der Waals surface area contributed by atoms with E-state index in [2.05, 4.69) is 10.3 Å². The minimum absolute atomic E-state index is 0.0401. The molecule has 2 amide bonds. The predicted molar refractivity (Wildman–Crippen MR) is 76.0 cm³/mol. The van der Waals surface area contributed by atoms with Crippen molar-refractivity contribution in [2.75, 3.05) is 24.6 Å². The van der Waals surface area contributed by atoms with Crippen LogP contribution < -0.4 is 5.32 Å². The molecule has 1 aliphatic heterocycles. The summed E-state index contributed by atoms with van der Waals surface area (Å²) in [5.41, 5.74) is 0.781. The molecule has 2 heterocycles. The van der Waals surface area contributed by atoms with Crippen molar-refractivity contribution in [3.05, 3.63) is 30.1 Å². The zero-order valence-electron chi connectivity index (χ0n) is 11.4. The Labute approximate surface area is 119 Å². The van der Waals surface area contributed by atoms with Crippen molar-refractivity contribution >= 4 is 15.9 Å². The fraction of sp³-hybridized carbons (Fsp3) is 0.538. The Hall–Kier alpha value is -1.63. The van der Waals surface area contributed by atoms with Crippen LogP contribution in [0.2, 0.25) is 0 Å². The first kappa shape index (κ1) is 14.8. The molecule has 0 aromatic carbocycles. The molecule has 110 valence electrons. The van der Waals surface area contributed by atoms with Gasteiger partial charge in [0.2, 0.25) is 0 Å². The summed E-state index contributed by atoms with van der Waals surface area (Å²) in [5, 5.41) is 2.85. The van der Waals surface area contributed by atoms with E-state index in [1.807, 2.05) is 25.1 Å². The van der Waals surface area contributed by atoms with Crippen molar-refractivity contribution < 1.29 is 13.2 Å². The van der Waals surface area contributed by atoms with Gasteiger partial charge < -0.3 is 10.2 Å². The minimum Gasteiger partial charge on any atom is -0.330 e. The van der Waals surface area contributed by atoms with E-state index in [1.165, 1.54) is 0 Å². The van der Waals surface area contributed by atoms with Crippen LogP contribution in [0.15, 0.2) is 24.4 Å². The van der Waals surface area contributed by atoms with Gasteiger partial charge in [-0.2, -0.15) is 0 Å². The third-order valence-electron chi connectivity index (χ3n) is 3.31. The monoisotopic (exact) mass is 297 g/mol. The number of hydrogen-bond acceptors (Lipinski definition) is 4. The maximum atomic E-state index is 12.1. The van der Waals surface area contributed by atoms with Gasteiger partial charge in [0, 0.05) is 19.3 Å². The standard InChI is InChI=1S/C13H19N3O3S/c1-11(12-5-2-3-6-14-12)15-13(17)16-7-4-9-20(18,19)10-8-16/h2-3,5-6,11H,4,7-10H2,1H3,(H,15,17)/t11-/m0/s1. The third-order valence-corrected chi connectivity index (χ3v) is 5.03. The van der Waals surface area contributed by atoms with Gasteiger partial charge in [0.05, 0.1) is 23.2 Å². The van der Waals surface area contributed by atoms with E-state index in [0.717, 1.165) is 5.69 Å². The van der Waals surface area contributed by atoms with Gasteiger partial charge in [-0.1, -0.05) is 6.07 Å². The minimum atomic E-state index is -3.00. The van der Waals surface area contributed by atoms with Crippen molar-refractivity contribution in [3.8, 4) is 0 Å². The van der Waals surface area contributed by atoms with Gasteiger partial charge in [-0.25, -0.2) is 13.2 Å². The lowest BCUT2D eigenvalue weighted by Gasteiger charge is -2.23. The van der Waals surface area contributed by atoms with Crippen LogP contribution in [0.1, 0.15) is 25.1 Å². The largest absolute Gasteiger partial charge is 0.330 e. The molecule has 6 nitrogen and oxygen atoms in total. The highest BCUT2D eigenvalue weighted by Crippen LogP contribution is 2.10. The quantitative estimate of drug-likeness (QED) is 0.882. The second-order valence-electron chi connectivity index (χ2n) is 4.92. The first-order valence-electron chi connectivity index (χ1n) is 6.65. The molecule has 0 radical (unpaired) electrons. The van der Waals surface area contributed by atoms with E-state index < -0.39 is 9.84 Å². The molecular formula is C13H19N3O3S. The van der Waals surface area contributed by atoms with Crippen molar-refractivity contribution in [1.29, 1.82) is 0 Å². The molecule has 7 heteroatoms. The maximum Gasteiger partial charge on any atom is 0.317 e. The summed E-state index contributed by atoms with van der Waals surface area (Å²) in [5.74, 6) is 0.199. The van der Waals surface area contributed by atoms with Crippen LogP contribution in [0.25, 0.3) is 0 Å². The van der Waals surface area contributed by atoms with Gasteiger partial charge in [-0.05, 0) is 25.5 Å². The Balaban J connectivity index is 1.95. The molecule has 1 saturated heterocycles. The molecule has 1 aliphatic rings. The van der Waals surface area contributed by atoms with Crippen LogP contribution in [0.5, 0.6) is 0 Å². The molecule has 20 heavy (non-hydrogen) atoms. The first-order chi connectivity index (χ1) is 9.48. The van der Waals surface area contributed by atoms with Gasteiger partial charge in [0.15, 0.2) is 9.84 Å². The molecule has 1 aromatic heterocycles. The summed E-state index contributed by atoms with van der Waals surface area (Å²) in [7, 11) is -3.00. The van der Waals surface area contributed by atoms with E-state index in [0.29, 0.717) is 13.0 Å². The van der Waals surface area contributed by atoms with Gasteiger partial charge in [0.25, 0.3) is 0 Å². The van der Waals surface area contributed by atoms with Crippen LogP contribution in [0.4, 0.5) is 4.79 Å². The molecule has 2 rings (SSSR count). The SMILES string of the molecule is C[C@H](NC(=O)N1CCCS(=O)(=O)CC1)c1ccccn1. The van der Waals surface area contributed by atoms with E-state index in [1.54, 1.807) is 11.1 Å². The normalized spacial score (nSPS) is 19.9. The summed E-state index contributed by atoms with van der Waals surface area (Å²) >= 11 is 0. The van der Waals surface area contributed by atoms with Crippen LogP contribution in [-0.2, 0) is 9.84 Å². The highest BCUT2D eigenvalue weighted by Gasteiger charge is 2.23. The average Bonchev–Trinajstić information content (AvgIpc) is 2.60. The van der Waals surface area contributed by atoms with Gasteiger partial charge in [0.1, 0.15) is 0 Å². The Bertz CT molecular complexity index is 559. The molecule has 0 aliphatic carbocycles. The average molecular weight is 297 g/mol. The molecule has 0 bridgehead atoms. The Morgan fingerprint density at radius 1 is 1.35 bits per heavy atom. The number of urea groups is 1. The van der Waals surface area contributed by atoms with Crippen LogP contribution in [0.3, 0.4) is 0 Å². The van der Waals surface area contributed by atoms with E-state index >= 15 is 0 Å². The zero-order valence-corrected chi connectivity index (χ0v) is 12.3. The molecule has 1 N–H and O–H groups in total. The third kappa shape index (κ3) is 3.93. The molecule has 0 saturated carbocycles. The lowest BCUT2D eigenvalue weighted by molar-refractivity contribution is 0.198. The number of aromatic nitrogens is 1. The fourth-order valence-corrected chi connectivity index (χ4v) is 3.40. The van der Waals surface area contributed by atoms with Gasteiger partial charge in [-0.15, -0.1) is 0 Å². The Morgan fingerprint density at radius 2 is 2.15 bits per heavy atom. The topological polar surface area (TPSA) is 79.4 Å². The number of amides is 2. The second-order valence-corrected chi connectivity index (χ2v) is 7.22. The summed E-state index contributed by atoms with van der Waals surface area (Å²) in [6, 6.07) is 5.09. The summed E-state index contributed by atoms with van der Waals surface area (Å²) in [6.07, 6.45) is 2.17. The molecule has 1 atom stereocenters. The van der Waals surface area contributed by atoms with Crippen molar-refractivity contribution in [2.45, 2.75) is 19.4 Å². The summed E-state index contributed by atoms with van der Waals surface area (Å²) in [4.78, 5) is 17.9. The van der Waals surface area contributed by atoms with Gasteiger partial charge in [-0.3, -0.25) is 4.98 Å². The fourth-order valence-electron chi connectivity index (χ4n) is 2.12. The number of nitrogens with one attached hydrogen (secondary N) is 1. The van der Waals surface area contributed by atoms with Crippen molar-refractivity contribution in [3.63, 3.8) is 0 Å². The number of rotatable bonds is 2. The number of sulfone groups is 1. The second kappa shape index (κ2) is 6.21. The Kier molecular flexibility index (Phi) is 4.59. The predicted octanol–water partition coefficient (Wildman–Crippen LogP) is 0.973. The van der Waals surface area contributed by atoms with Crippen molar-refractivity contribution in [1.82, 2.24) is 15.2 Å². The number of nitrogens with zero attached hydrogens (tertiary/aromatic N) is 2. The van der Waals surface area contributed by atoms with Crippen molar-refractivity contribution in [2.24, 2.45) is 0 Å².